The molecule has 1 saturated heterocycles. The van der Waals surface area contributed by atoms with Gasteiger partial charge in [-0.05, 0) is 0 Å². The summed E-state index contributed by atoms with van der Waals surface area (Å²) in [4.78, 5) is 43.9. The molecule has 2 amide bonds. The fraction of sp³-hybridized carbons (Fsp3) is 0.333. The van der Waals surface area contributed by atoms with Crippen LogP contribution in [0.15, 0.2) is 28.6 Å². The first kappa shape index (κ1) is 16.2. The van der Waals surface area contributed by atoms with E-state index in [2.05, 4.69) is 4.98 Å². The molecule has 0 aliphatic carbocycles. The van der Waals surface area contributed by atoms with E-state index in [0.29, 0.717) is 18.2 Å². The number of carbonyl (C=O) groups is 2. The molecule has 0 bridgehead atoms. The first-order valence-electron chi connectivity index (χ1n) is 7.25. The van der Waals surface area contributed by atoms with Crippen molar-refractivity contribution < 1.29 is 14.3 Å². The quantitative estimate of drug-likeness (QED) is 0.799. The average molecular weight is 348 g/mol. The summed E-state index contributed by atoms with van der Waals surface area (Å²) in [7, 11) is 2.96. The lowest BCUT2D eigenvalue weighted by Gasteiger charge is -2.33. The SMILES string of the molecule is COc1cc(=O)n(C)cc1C(=O)N1CCN(c2nccs2)C(=O)C1. The molecular weight excluding hydrogens is 332 g/mol. The summed E-state index contributed by atoms with van der Waals surface area (Å²) in [5, 5.41) is 2.43. The zero-order chi connectivity index (χ0) is 17.3. The number of rotatable bonds is 3. The van der Waals surface area contributed by atoms with Gasteiger partial charge in [0, 0.05) is 44.0 Å². The van der Waals surface area contributed by atoms with Gasteiger partial charge in [0.25, 0.3) is 11.5 Å². The molecule has 8 nitrogen and oxygen atoms in total. The van der Waals surface area contributed by atoms with Crippen LogP contribution in [-0.4, -0.2) is 53.0 Å². The second-order valence-electron chi connectivity index (χ2n) is 5.29. The normalized spacial score (nSPS) is 14.8. The van der Waals surface area contributed by atoms with Gasteiger partial charge < -0.3 is 14.2 Å². The number of aromatic nitrogens is 2. The van der Waals surface area contributed by atoms with Crippen molar-refractivity contribution in [2.24, 2.45) is 7.05 Å². The Labute approximate surface area is 141 Å². The molecule has 9 heteroatoms. The number of thiazole rings is 1. The van der Waals surface area contributed by atoms with E-state index in [1.807, 2.05) is 0 Å². The van der Waals surface area contributed by atoms with E-state index in [1.165, 1.54) is 40.2 Å². The molecule has 0 atom stereocenters. The third-order valence-corrected chi connectivity index (χ3v) is 4.59. The van der Waals surface area contributed by atoms with Gasteiger partial charge in [-0.3, -0.25) is 19.3 Å². The third-order valence-electron chi connectivity index (χ3n) is 3.80. The number of ether oxygens (including phenoxy) is 1. The summed E-state index contributed by atoms with van der Waals surface area (Å²) in [6.07, 6.45) is 3.07. The number of methoxy groups -OCH3 is 1. The highest BCUT2D eigenvalue weighted by Crippen LogP contribution is 2.22. The van der Waals surface area contributed by atoms with Gasteiger partial charge in [0.1, 0.15) is 12.3 Å². The van der Waals surface area contributed by atoms with Gasteiger partial charge in [-0.25, -0.2) is 4.98 Å². The van der Waals surface area contributed by atoms with Crippen molar-refractivity contribution in [3.8, 4) is 5.75 Å². The van der Waals surface area contributed by atoms with E-state index in [0.717, 1.165) is 0 Å². The largest absolute Gasteiger partial charge is 0.496 e. The lowest BCUT2D eigenvalue weighted by atomic mass is 10.2. The first-order chi connectivity index (χ1) is 11.5. The van der Waals surface area contributed by atoms with Gasteiger partial charge in [-0.2, -0.15) is 0 Å². The number of piperazine rings is 1. The Morgan fingerprint density at radius 1 is 1.33 bits per heavy atom. The van der Waals surface area contributed by atoms with Crippen LogP contribution >= 0.6 is 11.3 Å². The Bertz CT molecular complexity index is 830. The summed E-state index contributed by atoms with van der Waals surface area (Å²) >= 11 is 1.38. The first-order valence-corrected chi connectivity index (χ1v) is 8.13. The molecule has 1 aliphatic rings. The molecule has 24 heavy (non-hydrogen) atoms. The summed E-state index contributed by atoms with van der Waals surface area (Å²) < 4.78 is 6.44. The van der Waals surface area contributed by atoms with E-state index >= 15 is 0 Å². The fourth-order valence-corrected chi connectivity index (χ4v) is 3.20. The molecule has 0 unspecified atom stereocenters. The highest BCUT2D eigenvalue weighted by molar-refractivity contribution is 7.13. The predicted molar refractivity (Wildman–Crippen MR) is 88.6 cm³/mol. The van der Waals surface area contributed by atoms with Crippen molar-refractivity contribution >= 4 is 28.3 Å². The molecular formula is C15H16N4O4S. The molecule has 126 valence electrons. The van der Waals surface area contributed by atoms with Crippen LogP contribution in [0.25, 0.3) is 0 Å². The third kappa shape index (κ3) is 2.90. The summed E-state index contributed by atoms with van der Waals surface area (Å²) in [5.41, 5.74) is -0.0110. The van der Waals surface area contributed by atoms with Crippen LogP contribution in [-0.2, 0) is 11.8 Å². The molecule has 2 aromatic rings. The Morgan fingerprint density at radius 3 is 2.75 bits per heavy atom. The van der Waals surface area contributed by atoms with E-state index in [4.69, 9.17) is 4.74 Å². The van der Waals surface area contributed by atoms with Crippen LogP contribution in [0, 0.1) is 0 Å². The zero-order valence-corrected chi connectivity index (χ0v) is 14.1. The predicted octanol–water partition coefficient (Wildman–Crippen LogP) is 0.339. The fourth-order valence-electron chi connectivity index (χ4n) is 2.51. The Kier molecular flexibility index (Phi) is 4.34. The number of hydrogen-bond donors (Lipinski definition) is 0. The van der Waals surface area contributed by atoms with Gasteiger partial charge in [-0.1, -0.05) is 0 Å². The van der Waals surface area contributed by atoms with Crippen molar-refractivity contribution in [3.63, 3.8) is 0 Å². The molecule has 0 N–H and O–H groups in total. The monoisotopic (exact) mass is 348 g/mol. The van der Waals surface area contributed by atoms with Gasteiger partial charge in [0.2, 0.25) is 5.91 Å². The zero-order valence-electron chi connectivity index (χ0n) is 13.3. The molecule has 0 aromatic carbocycles. The number of amides is 2. The Morgan fingerprint density at radius 2 is 2.12 bits per heavy atom. The van der Waals surface area contributed by atoms with Crippen LogP contribution in [0.1, 0.15) is 10.4 Å². The van der Waals surface area contributed by atoms with E-state index < -0.39 is 0 Å². The second kappa shape index (κ2) is 6.44. The number of pyridine rings is 1. The van der Waals surface area contributed by atoms with Crippen LogP contribution in [0.4, 0.5) is 5.13 Å². The van der Waals surface area contributed by atoms with Crippen molar-refractivity contribution in [2.45, 2.75) is 0 Å². The highest BCUT2D eigenvalue weighted by Gasteiger charge is 2.31. The standard InChI is InChI=1S/C15H16N4O4S/c1-17-8-10(11(23-2)7-12(17)20)14(22)18-4-5-19(13(21)9-18)15-16-3-6-24-15/h3,6-8H,4-5,9H2,1-2H3. The highest BCUT2D eigenvalue weighted by atomic mass is 32.1. The number of carbonyl (C=O) groups excluding carboxylic acids is 2. The molecule has 3 heterocycles. The van der Waals surface area contributed by atoms with Crippen LogP contribution < -0.4 is 15.2 Å². The maximum Gasteiger partial charge on any atom is 0.259 e. The summed E-state index contributed by atoms with van der Waals surface area (Å²) in [6, 6.07) is 1.26. The van der Waals surface area contributed by atoms with Gasteiger partial charge in [0.05, 0.1) is 12.7 Å². The smallest absolute Gasteiger partial charge is 0.259 e. The van der Waals surface area contributed by atoms with Crippen molar-refractivity contribution in [1.29, 1.82) is 0 Å². The number of hydrogen-bond acceptors (Lipinski definition) is 6. The lowest BCUT2D eigenvalue weighted by molar-refractivity contribution is -0.120. The van der Waals surface area contributed by atoms with Crippen molar-refractivity contribution in [2.75, 3.05) is 31.6 Å². The van der Waals surface area contributed by atoms with Crippen molar-refractivity contribution in [1.82, 2.24) is 14.5 Å². The lowest BCUT2D eigenvalue weighted by Crippen LogP contribution is -2.52. The molecule has 0 saturated carbocycles. The number of nitrogens with zero attached hydrogens (tertiary/aromatic N) is 4. The summed E-state index contributed by atoms with van der Waals surface area (Å²) in [5.74, 6) is -0.319. The van der Waals surface area contributed by atoms with Gasteiger partial charge >= 0.3 is 0 Å². The van der Waals surface area contributed by atoms with Crippen LogP contribution in [0.3, 0.4) is 0 Å². The Balaban J connectivity index is 1.81. The van der Waals surface area contributed by atoms with E-state index in [9.17, 15) is 14.4 Å². The number of aryl methyl sites for hydroxylation is 1. The molecule has 0 spiro atoms. The minimum atomic E-state index is -0.338. The molecule has 2 aromatic heterocycles. The van der Waals surface area contributed by atoms with Crippen molar-refractivity contribution in [3.05, 3.63) is 39.8 Å². The molecule has 1 aliphatic heterocycles. The minimum absolute atomic E-state index is 0.0373. The Hall–Kier alpha value is -2.68. The molecule has 1 fully saturated rings. The van der Waals surface area contributed by atoms with Gasteiger partial charge in [0.15, 0.2) is 5.13 Å². The van der Waals surface area contributed by atoms with Gasteiger partial charge in [-0.15, -0.1) is 11.3 Å². The molecule has 3 rings (SSSR count). The maximum absolute atomic E-state index is 12.7. The topological polar surface area (TPSA) is 84.7 Å². The van der Waals surface area contributed by atoms with Crippen LogP contribution in [0.2, 0.25) is 0 Å². The van der Waals surface area contributed by atoms with E-state index in [1.54, 1.807) is 23.5 Å². The second-order valence-corrected chi connectivity index (χ2v) is 6.16. The van der Waals surface area contributed by atoms with E-state index in [-0.39, 0.29) is 35.2 Å². The average Bonchev–Trinajstić information content (AvgIpc) is 3.10. The summed E-state index contributed by atoms with van der Waals surface area (Å²) in [6.45, 7) is 0.729. The molecule has 0 radical (unpaired) electrons. The van der Waals surface area contributed by atoms with Crippen LogP contribution in [0.5, 0.6) is 5.75 Å². The number of anilines is 1. The maximum atomic E-state index is 12.7. The minimum Gasteiger partial charge on any atom is -0.496 e.